The van der Waals surface area contributed by atoms with Crippen molar-refractivity contribution in [2.45, 2.75) is 11.4 Å². The van der Waals surface area contributed by atoms with E-state index in [9.17, 15) is 12.8 Å². The van der Waals surface area contributed by atoms with Gasteiger partial charge in [0.25, 0.3) is 0 Å². The van der Waals surface area contributed by atoms with Gasteiger partial charge < -0.3 is 5.73 Å². The molecule has 1 aromatic rings. The predicted molar refractivity (Wildman–Crippen MR) is 62.9 cm³/mol. The van der Waals surface area contributed by atoms with E-state index in [1.807, 2.05) is 0 Å². The molecule has 6 heteroatoms. The van der Waals surface area contributed by atoms with E-state index >= 15 is 0 Å². The Balaban J connectivity index is 3.33. The van der Waals surface area contributed by atoms with Crippen LogP contribution >= 0.6 is 0 Å². The average Bonchev–Trinajstić information content (AvgIpc) is 2.29. The lowest BCUT2D eigenvalue weighted by Gasteiger charge is -2.16. The molecule has 17 heavy (non-hydrogen) atoms. The Bertz CT molecular complexity index is 549. The van der Waals surface area contributed by atoms with Crippen LogP contribution in [0, 0.1) is 18.2 Å². The number of benzene rings is 1. The third-order valence-electron chi connectivity index (χ3n) is 2.25. The minimum Gasteiger partial charge on any atom is -0.326 e. The van der Waals surface area contributed by atoms with Crippen LogP contribution in [0.2, 0.25) is 0 Å². The number of terminal acetylenes is 1. The first kappa shape index (κ1) is 13.6. The largest absolute Gasteiger partial charge is 0.326 e. The van der Waals surface area contributed by atoms with Crippen molar-refractivity contribution in [3.05, 3.63) is 29.6 Å². The summed E-state index contributed by atoms with van der Waals surface area (Å²) in [6.07, 6.45) is 5.05. The van der Waals surface area contributed by atoms with Crippen molar-refractivity contribution >= 4 is 10.0 Å². The van der Waals surface area contributed by atoms with Crippen LogP contribution in [-0.2, 0) is 16.6 Å². The fourth-order valence-electron chi connectivity index (χ4n) is 1.32. The molecule has 0 aliphatic carbocycles. The molecule has 0 amide bonds. The molecule has 0 saturated heterocycles. The molecule has 0 atom stereocenters. The van der Waals surface area contributed by atoms with Gasteiger partial charge in [0.1, 0.15) is 5.82 Å². The molecule has 0 aromatic heterocycles. The molecule has 0 unspecified atom stereocenters. The zero-order chi connectivity index (χ0) is 13.1. The van der Waals surface area contributed by atoms with Crippen LogP contribution in [0.15, 0.2) is 23.1 Å². The average molecular weight is 256 g/mol. The third-order valence-corrected chi connectivity index (χ3v) is 4.14. The van der Waals surface area contributed by atoms with E-state index in [1.54, 1.807) is 0 Å². The van der Waals surface area contributed by atoms with Crippen molar-refractivity contribution in [3.8, 4) is 12.3 Å². The maximum Gasteiger partial charge on any atom is 0.244 e. The lowest BCUT2D eigenvalue weighted by molar-refractivity contribution is 0.500. The van der Waals surface area contributed by atoms with Crippen LogP contribution in [0.3, 0.4) is 0 Å². The molecular weight excluding hydrogens is 243 g/mol. The first-order chi connectivity index (χ1) is 7.93. The molecule has 1 rings (SSSR count). The summed E-state index contributed by atoms with van der Waals surface area (Å²) in [7, 11) is -2.46. The van der Waals surface area contributed by atoms with Crippen molar-refractivity contribution in [3.63, 3.8) is 0 Å². The normalized spacial score (nSPS) is 11.5. The second kappa shape index (κ2) is 5.27. The first-order valence-corrected chi connectivity index (χ1v) is 6.25. The SMILES string of the molecule is C#CCN(C)S(=O)(=O)c1cc(F)ccc1CN. The second-order valence-corrected chi connectivity index (χ2v) is 5.43. The molecule has 0 spiro atoms. The van der Waals surface area contributed by atoms with Gasteiger partial charge >= 0.3 is 0 Å². The summed E-state index contributed by atoms with van der Waals surface area (Å²) >= 11 is 0. The Morgan fingerprint density at radius 3 is 2.71 bits per heavy atom. The van der Waals surface area contributed by atoms with Crippen molar-refractivity contribution in [2.24, 2.45) is 5.73 Å². The third kappa shape index (κ3) is 2.82. The maximum absolute atomic E-state index is 13.1. The van der Waals surface area contributed by atoms with Gasteiger partial charge in [0.15, 0.2) is 0 Å². The van der Waals surface area contributed by atoms with E-state index < -0.39 is 15.8 Å². The summed E-state index contributed by atoms with van der Waals surface area (Å²) < 4.78 is 38.2. The lowest BCUT2D eigenvalue weighted by Crippen LogP contribution is -2.28. The van der Waals surface area contributed by atoms with Crippen LogP contribution < -0.4 is 5.73 Å². The van der Waals surface area contributed by atoms with Gasteiger partial charge in [0.05, 0.1) is 11.4 Å². The molecule has 2 N–H and O–H groups in total. The highest BCUT2D eigenvalue weighted by Gasteiger charge is 2.23. The Hall–Kier alpha value is -1.42. The number of nitrogens with zero attached hydrogens (tertiary/aromatic N) is 1. The zero-order valence-electron chi connectivity index (χ0n) is 9.35. The van der Waals surface area contributed by atoms with Crippen molar-refractivity contribution in [1.29, 1.82) is 0 Å². The fraction of sp³-hybridized carbons (Fsp3) is 0.273. The summed E-state index contributed by atoms with van der Waals surface area (Å²) in [4.78, 5) is -0.141. The van der Waals surface area contributed by atoms with E-state index in [0.717, 1.165) is 10.4 Å². The number of sulfonamides is 1. The van der Waals surface area contributed by atoms with Gasteiger partial charge in [-0.15, -0.1) is 6.42 Å². The Kier molecular flexibility index (Phi) is 4.23. The van der Waals surface area contributed by atoms with Crippen molar-refractivity contribution < 1.29 is 12.8 Å². The van der Waals surface area contributed by atoms with Gasteiger partial charge in [-0.3, -0.25) is 0 Å². The Labute approximate surface area is 100 Å². The van der Waals surface area contributed by atoms with Crippen molar-refractivity contribution in [2.75, 3.05) is 13.6 Å². The molecular formula is C11H13FN2O2S. The predicted octanol–water partition coefficient (Wildman–Crippen LogP) is 0.538. The molecule has 0 fully saturated rings. The molecule has 1 aromatic carbocycles. The van der Waals surface area contributed by atoms with Gasteiger partial charge in [-0.25, -0.2) is 12.8 Å². The van der Waals surface area contributed by atoms with E-state index in [-0.39, 0.29) is 18.0 Å². The van der Waals surface area contributed by atoms with Gasteiger partial charge in [-0.2, -0.15) is 4.31 Å². The van der Waals surface area contributed by atoms with E-state index in [0.29, 0.717) is 5.56 Å². The van der Waals surface area contributed by atoms with Crippen LogP contribution in [0.1, 0.15) is 5.56 Å². The number of hydrogen-bond donors (Lipinski definition) is 1. The number of hydrogen-bond acceptors (Lipinski definition) is 3. The van der Waals surface area contributed by atoms with Gasteiger partial charge in [0.2, 0.25) is 10.0 Å². The van der Waals surface area contributed by atoms with E-state index in [2.05, 4.69) is 5.92 Å². The molecule has 4 nitrogen and oxygen atoms in total. The topological polar surface area (TPSA) is 63.4 Å². The monoisotopic (exact) mass is 256 g/mol. The zero-order valence-corrected chi connectivity index (χ0v) is 10.2. The van der Waals surface area contributed by atoms with Gasteiger partial charge in [-0.1, -0.05) is 12.0 Å². The highest BCUT2D eigenvalue weighted by Crippen LogP contribution is 2.20. The Morgan fingerprint density at radius 1 is 1.53 bits per heavy atom. The molecule has 0 aliphatic rings. The molecule has 0 radical (unpaired) electrons. The molecule has 92 valence electrons. The van der Waals surface area contributed by atoms with E-state index in [1.165, 1.54) is 19.2 Å². The summed E-state index contributed by atoms with van der Waals surface area (Å²) in [5.41, 5.74) is 5.78. The number of halogens is 1. The fourth-order valence-corrected chi connectivity index (χ4v) is 2.64. The summed E-state index contributed by atoms with van der Waals surface area (Å²) in [6, 6.07) is 3.47. The van der Waals surface area contributed by atoms with E-state index in [4.69, 9.17) is 12.2 Å². The quantitative estimate of drug-likeness (QED) is 0.800. The number of nitrogens with two attached hydrogens (primary N) is 1. The first-order valence-electron chi connectivity index (χ1n) is 4.81. The number of rotatable bonds is 4. The molecule has 0 heterocycles. The van der Waals surface area contributed by atoms with Crippen molar-refractivity contribution in [1.82, 2.24) is 4.31 Å². The minimum absolute atomic E-state index is 0.0126. The summed E-state index contributed by atoms with van der Waals surface area (Å²) in [5.74, 6) is 1.59. The van der Waals surface area contributed by atoms with Crippen LogP contribution in [0.25, 0.3) is 0 Å². The second-order valence-electron chi connectivity index (χ2n) is 3.42. The van der Waals surface area contributed by atoms with Gasteiger partial charge in [0, 0.05) is 13.6 Å². The van der Waals surface area contributed by atoms with Gasteiger partial charge in [-0.05, 0) is 17.7 Å². The Morgan fingerprint density at radius 2 is 2.18 bits per heavy atom. The molecule has 0 bridgehead atoms. The molecule has 0 aliphatic heterocycles. The highest BCUT2D eigenvalue weighted by atomic mass is 32.2. The lowest BCUT2D eigenvalue weighted by atomic mass is 10.2. The smallest absolute Gasteiger partial charge is 0.244 e. The molecule has 0 saturated carbocycles. The standard InChI is InChI=1S/C11H13FN2O2S/c1-3-6-14(2)17(15,16)11-7-10(12)5-4-9(11)8-13/h1,4-5,7H,6,8,13H2,2H3. The highest BCUT2D eigenvalue weighted by molar-refractivity contribution is 7.89. The summed E-state index contributed by atoms with van der Waals surface area (Å²) in [6.45, 7) is -0.0679. The van der Waals surface area contributed by atoms with Crippen LogP contribution in [-0.4, -0.2) is 26.3 Å². The summed E-state index contributed by atoms with van der Waals surface area (Å²) in [5, 5.41) is 0. The van der Waals surface area contributed by atoms with Crippen LogP contribution in [0.4, 0.5) is 4.39 Å². The minimum atomic E-state index is -3.80. The van der Waals surface area contributed by atoms with Crippen LogP contribution in [0.5, 0.6) is 0 Å². The maximum atomic E-state index is 13.1.